The third kappa shape index (κ3) is 1.64. The summed E-state index contributed by atoms with van der Waals surface area (Å²) in [6.45, 7) is 10.3. The van der Waals surface area contributed by atoms with E-state index in [-0.39, 0.29) is 5.54 Å². The molecule has 3 nitrogen and oxygen atoms in total. The highest BCUT2D eigenvalue weighted by Gasteiger charge is 2.49. The van der Waals surface area contributed by atoms with Crippen molar-refractivity contribution < 1.29 is 0 Å². The van der Waals surface area contributed by atoms with Crippen LogP contribution in [0.4, 0.5) is 5.82 Å². The van der Waals surface area contributed by atoms with Crippen molar-refractivity contribution in [1.29, 1.82) is 0 Å². The van der Waals surface area contributed by atoms with Gasteiger partial charge in [0.1, 0.15) is 5.82 Å². The van der Waals surface area contributed by atoms with Crippen molar-refractivity contribution in [1.82, 2.24) is 10.3 Å². The fourth-order valence-electron chi connectivity index (χ4n) is 3.43. The van der Waals surface area contributed by atoms with Gasteiger partial charge in [0.15, 0.2) is 0 Å². The Morgan fingerprint density at radius 3 is 2.82 bits per heavy atom. The summed E-state index contributed by atoms with van der Waals surface area (Å²) in [4.78, 5) is 7.08. The summed E-state index contributed by atoms with van der Waals surface area (Å²) in [7, 11) is 0. The molecule has 2 unspecified atom stereocenters. The van der Waals surface area contributed by atoms with Gasteiger partial charge in [-0.15, -0.1) is 0 Å². The predicted molar refractivity (Wildman–Crippen MR) is 70.2 cm³/mol. The lowest BCUT2D eigenvalue weighted by Crippen LogP contribution is -2.45. The Morgan fingerprint density at radius 1 is 1.35 bits per heavy atom. The van der Waals surface area contributed by atoms with Crippen LogP contribution >= 0.6 is 0 Å². The van der Waals surface area contributed by atoms with E-state index in [1.54, 1.807) is 0 Å². The second kappa shape index (κ2) is 3.70. The Hall–Kier alpha value is -1.09. The van der Waals surface area contributed by atoms with Crippen LogP contribution in [0.15, 0.2) is 18.3 Å². The number of nitrogens with one attached hydrogen (secondary N) is 1. The number of aromatic nitrogens is 1. The van der Waals surface area contributed by atoms with Crippen LogP contribution in [0, 0.1) is 18.8 Å². The van der Waals surface area contributed by atoms with Gasteiger partial charge in [0.2, 0.25) is 0 Å². The fraction of sp³-hybridized carbons (Fsp3) is 0.643. The lowest BCUT2D eigenvalue weighted by molar-refractivity contribution is 0.356. The topological polar surface area (TPSA) is 28.2 Å². The van der Waals surface area contributed by atoms with Gasteiger partial charge in [0.25, 0.3) is 0 Å². The van der Waals surface area contributed by atoms with Gasteiger partial charge in [-0.25, -0.2) is 4.98 Å². The SMILES string of the molecule is Cc1ccc(N2CC3CNCC3C2(C)C)nc1. The van der Waals surface area contributed by atoms with E-state index in [0.717, 1.165) is 37.3 Å². The van der Waals surface area contributed by atoms with E-state index < -0.39 is 0 Å². The van der Waals surface area contributed by atoms with Crippen LogP contribution in [0.1, 0.15) is 19.4 Å². The lowest BCUT2D eigenvalue weighted by Gasteiger charge is -2.36. The van der Waals surface area contributed by atoms with Crippen molar-refractivity contribution in [2.24, 2.45) is 11.8 Å². The molecule has 0 aromatic carbocycles. The summed E-state index contributed by atoms with van der Waals surface area (Å²) in [5, 5.41) is 3.51. The van der Waals surface area contributed by atoms with Crippen LogP contribution in [0.25, 0.3) is 0 Å². The highest BCUT2D eigenvalue weighted by atomic mass is 15.3. The molecule has 3 rings (SSSR count). The lowest BCUT2D eigenvalue weighted by atomic mass is 9.85. The first kappa shape index (κ1) is 11.0. The Kier molecular flexibility index (Phi) is 2.40. The van der Waals surface area contributed by atoms with Crippen molar-refractivity contribution >= 4 is 5.82 Å². The summed E-state index contributed by atoms with van der Waals surface area (Å²) in [5.41, 5.74) is 1.45. The van der Waals surface area contributed by atoms with Crippen LogP contribution in [0.5, 0.6) is 0 Å². The summed E-state index contributed by atoms with van der Waals surface area (Å²) in [6.07, 6.45) is 1.97. The minimum atomic E-state index is 0.219. The molecule has 1 aromatic heterocycles. The zero-order valence-electron chi connectivity index (χ0n) is 10.9. The van der Waals surface area contributed by atoms with Crippen molar-refractivity contribution in [3.8, 4) is 0 Å². The van der Waals surface area contributed by atoms with Crippen molar-refractivity contribution in [3.05, 3.63) is 23.9 Å². The van der Waals surface area contributed by atoms with Gasteiger partial charge in [-0.3, -0.25) is 0 Å². The maximum absolute atomic E-state index is 4.59. The van der Waals surface area contributed by atoms with Gasteiger partial charge in [-0.1, -0.05) is 6.07 Å². The van der Waals surface area contributed by atoms with Crippen LogP contribution in [-0.4, -0.2) is 30.2 Å². The molecular formula is C14H21N3. The van der Waals surface area contributed by atoms with Crippen LogP contribution in [0.2, 0.25) is 0 Å². The number of fused-ring (bicyclic) bond motifs is 1. The number of rotatable bonds is 1. The van der Waals surface area contributed by atoms with Crippen LogP contribution in [0.3, 0.4) is 0 Å². The van der Waals surface area contributed by atoms with Crippen LogP contribution < -0.4 is 10.2 Å². The number of hydrogen-bond donors (Lipinski definition) is 1. The third-order valence-electron chi connectivity index (χ3n) is 4.53. The molecule has 1 N–H and O–H groups in total. The maximum Gasteiger partial charge on any atom is 0.128 e. The molecule has 92 valence electrons. The molecule has 2 atom stereocenters. The van der Waals surface area contributed by atoms with E-state index in [9.17, 15) is 0 Å². The number of nitrogens with zero attached hydrogens (tertiary/aromatic N) is 2. The normalized spacial score (nSPS) is 30.6. The molecule has 0 saturated carbocycles. The molecule has 3 heteroatoms. The molecule has 0 amide bonds. The summed E-state index contributed by atoms with van der Waals surface area (Å²) in [5.74, 6) is 2.67. The van der Waals surface area contributed by atoms with E-state index in [2.05, 4.69) is 48.1 Å². The van der Waals surface area contributed by atoms with Gasteiger partial charge < -0.3 is 10.2 Å². The molecule has 0 radical (unpaired) electrons. The Bertz CT molecular complexity index is 410. The molecule has 2 fully saturated rings. The van der Waals surface area contributed by atoms with Crippen molar-refractivity contribution in [2.75, 3.05) is 24.5 Å². The molecule has 2 aliphatic heterocycles. The quantitative estimate of drug-likeness (QED) is 0.799. The van der Waals surface area contributed by atoms with E-state index in [1.807, 2.05) is 6.20 Å². The van der Waals surface area contributed by atoms with Crippen molar-refractivity contribution in [3.63, 3.8) is 0 Å². The predicted octanol–water partition coefficient (Wildman–Crippen LogP) is 1.82. The summed E-state index contributed by atoms with van der Waals surface area (Å²) in [6, 6.07) is 4.32. The van der Waals surface area contributed by atoms with Gasteiger partial charge >= 0.3 is 0 Å². The fourth-order valence-corrected chi connectivity index (χ4v) is 3.43. The highest BCUT2D eigenvalue weighted by molar-refractivity contribution is 5.45. The molecule has 0 bridgehead atoms. The largest absolute Gasteiger partial charge is 0.351 e. The number of pyridine rings is 1. The Labute approximate surface area is 103 Å². The van der Waals surface area contributed by atoms with E-state index >= 15 is 0 Å². The molecule has 0 spiro atoms. The molecule has 3 heterocycles. The van der Waals surface area contributed by atoms with E-state index in [1.165, 1.54) is 5.56 Å². The molecule has 17 heavy (non-hydrogen) atoms. The molecule has 2 aliphatic rings. The Balaban J connectivity index is 1.91. The maximum atomic E-state index is 4.59. The molecule has 0 aliphatic carbocycles. The van der Waals surface area contributed by atoms with Crippen LogP contribution in [-0.2, 0) is 0 Å². The summed E-state index contributed by atoms with van der Waals surface area (Å²) >= 11 is 0. The average Bonchev–Trinajstić information content (AvgIpc) is 2.83. The van der Waals surface area contributed by atoms with Gasteiger partial charge in [-0.05, 0) is 44.2 Å². The number of anilines is 1. The standard InChI is InChI=1S/C14H21N3/c1-10-4-5-13(16-6-10)17-9-11-7-15-8-12(11)14(17,2)3/h4-6,11-12,15H,7-9H2,1-3H3. The first-order valence-electron chi connectivity index (χ1n) is 6.50. The van der Waals surface area contributed by atoms with Gasteiger partial charge in [-0.2, -0.15) is 0 Å². The third-order valence-corrected chi connectivity index (χ3v) is 4.53. The summed E-state index contributed by atoms with van der Waals surface area (Å²) < 4.78 is 0. The monoisotopic (exact) mass is 231 g/mol. The number of aryl methyl sites for hydroxylation is 1. The first-order chi connectivity index (χ1) is 8.09. The van der Waals surface area contributed by atoms with E-state index in [0.29, 0.717) is 0 Å². The minimum absolute atomic E-state index is 0.219. The number of hydrogen-bond acceptors (Lipinski definition) is 3. The zero-order chi connectivity index (χ0) is 12.0. The van der Waals surface area contributed by atoms with Gasteiger partial charge in [0.05, 0.1) is 0 Å². The zero-order valence-corrected chi connectivity index (χ0v) is 10.9. The van der Waals surface area contributed by atoms with Gasteiger partial charge in [0, 0.05) is 31.4 Å². The average molecular weight is 231 g/mol. The Morgan fingerprint density at radius 2 is 2.18 bits per heavy atom. The molecule has 1 aromatic rings. The molecule has 2 saturated heterocycles. The minimum Gasteiger partial charge on any atom is -0.351 e. The smallest absolute Gasteiger partial charge is 0.128 e. The van der Waals surface area contributed by atoms with E-state index in [4.69, 9.17) is 0 Å². The second-order valence-corrected chi connectivity index (χ2v) is 5.98. The second-order valence-electron chi connectivity index (χ2n) is 5.98. The molecular weight excluding hydrogens is 210 g/mol. The highest BCUT2D eigenvalue weighted by Crippen LogP contribution is 2.42. The van der Waals surface area contributed by atoms with Crippen molar-refractivity contribution in [2.45, 2.75) is 26.3 Å². The first-order valence-corrected chi connectivity index (χ1v) is 6.50.